The van der Waals surface area contributed by atoms with E-state index in [0.29, 0.717) is 10.7 Å². The molecule has 30 heavy (non-hydrogen) atoms. The van der Waals surface area contributed by atoms with Crippen LogP contribution in [-0.4, -0.2) is 28.0 Å². The van der Waals surface area contributed by atoms with E-state index in [1.165, 1.54) is 25.3 Å². The van der Waals surface area contributed by atoms with Crippen LogP contribution in [0.25, 0.3) is 0 Å². The maximum Gasteiger partial charge on any atom is 0.264 e. The molecule has 0 unspecified atom stereocenters. The fraction of sp³-hybridized carbons (Fsp3) is 0.0952. The first-order valence-electron chi connectivity index (χ1n) is 8.78. The van der Waals surface area contributed by atoms with Crippen LogP contribution in [0.5, 0.6) is 5.75 Å². The predicted octanol–water partition coefficient (Wildman–Crippen LogP) is 4.95. The molecule has 0 bridgehead atoms. The summed E-state index contributed by atoms with van der Waals surface area (Å²) < 4.78 is 33.9. The molecule has 3 aromatic carbocycles. The van der Waals surface area contributed by atoms with Gasteiger partial charge in [0.15, 0.2) is 0 Å². The van der Waals surface area contributed by atoms with Gasteiger partial charge in [-0.05, 0) is 54.6 Å². The highest BCUT2D eigenvalue weighted by Gasteiger charge is 2.29. The molecule has 9 heteroatoms. The minimum Gasteiger partial charge on any atom is -0.495 e. The largest absolute Gasteiger partial charge is 0.495 e. The lowest BCUT2D eigenvalue weighted by molar-refractivity contribution is -0.114. The number of nitrogens with one attached hydrogen (secondary N) is 1. The molecule has 0 saturated carbocycles. The smallest absolute Gasteiger partial charge is 0.264 e. The maximum atomic E-state index is 13.4. The first-order chi connectivity index (χ1) is 14.3. The van der Waals surface area contributed by atoms with Crippen LogP contribution in [0, 0.1) is 0 Å². The molecule has 0 aliphatic rings. The summed E-state index contributed by atoms with van der Waals surface area (Å²) in [4.78, 5) is 12.8. The van der Waals surface area contributed by atoms with Crippen LogP contribution >= 0.6 is 27.5 Å². The minimum absolute atomic E-state index is 0.0449. The van der Waals surface area contributed by atoms with Gasteiger partial charge in [-0.25, -0.2) is 8.42 Å². The number of nitrogens with zero attached hydrogens (tertiary/aromatic N) is 1. The summed E-state index contributed by atoms with van der Waals surface area (Å²) in [5.41, 5.74) is 0.707. The number of amides is 1. The van der Waals surface area contributed by atoms with E-state index in [9.17, 15) is 13.2 Å². The Morgan fingerprint density at radius 1 is 1.07 bits per heavy atom. The Balaban J connectivity index is 2.01. The highest BCUT2D eigenvalue weighted by Crippen LogP contribution is 2.34. The Labute approximate surface area is 188 Å². The van der Waals surface area contributed by atoms with Gasteiger partial charge in [0.05, 0.1) is 17.7 Å². The number of carbonyl (C=O) groups excluding carboxylic acids is 1. The third kappa shape index (κ3) is 5.13. The number of hydrogen-bond acceptors (Lipinski definition) is 4. The van der Waals surface area contributed by atoms with E-state index >= 15 is 0 Å². The topological polar surface area (TPSA) is 75.7 Å². The highest BCUT2D eigenvalue weighted by atomic mass is 79.9. The Morgan fingerprint density at radius 2 is 1.73 bits per heavy atom. The van der Waals surface area contributed by atoms with Crippen LogP contribution in [0.15, 0.2) is 82.2 Å². The fourth-order valence-electron chi connectivity index (χ4n) is 2.74. The van der Waals surface area contributed by atoms with Crippen LogP contribution in [0.4, 0.5) is 11.4 Å². The normalized spacial score (nSPS) is 11.0. The molecule has 0 spiro atoms. The van der Waals surface area contributed by atoms with Crippen molar-refractivity contribution in [1.82, 2.24) is 0 Å². The van der Waals surface area contributed by atoms with Gasteiger partial charge in [0, 0.05) is 15.2 Å². The lowest BCUT2D eigenvalue weighted by atomic mass is 10.3. The summed E-state index contributed by atoms with van der Waals surface area (Å²) in [7, 11) is -2.65. The molecule has 1 amide bonds. The Hall–Kier alpha value is -2.55. The number of carbonyl (C=O) groups is 1. The van der Waals surface area contributed by atoms with Crippen molar-refractivity contribution in [3.63, 3.8) is 0 Å². The molecular weight excluding hydrogens is 492 g/mol. The first kappa shape index (κ1) is 22.1. The molecule has 0 aliphatic carbocycles. The van der Waals surface area contributed by atoms with E-state index in [0.717, 1.165) is 8.78 Å². The molecule has 6 nitrogen and oxygen atoms in total. The Kier molecular flexibility index (Phi) is 7.02. The van der Waals surface area contributed by atoms with Crippen molar-refractivity contribution in [2.75, 3.05) is 23.3 Å². The zero-order valence-electron chi connectivity index (χ0n) is 15.9. The number of anilines is 2. The van der Waals surface area contributed by atoms with Gasteiger partial charge in [-0.1, -0.05) is 45.7 Å². The standard InChI is InChI=1S/C21H18BrClN2O4S/c1-29-20-12-9-16(23)13-19(20)25(30(27,28)18-5-3-2-4-6-18)14-21(26)24-17-10-7-15(22)8-11-17/h2-13H,14H2,1H3,(H,24,26). The average molecular weight is 510 g/mol. The van der Waals surface area contributed by atoms with E-state index < -0.39 is 22.5 Å². The molecule has 3 aromatic rings. The van der Waals surface area contributed by atoms with Crippen molar-refractivity contribution in [3.8, 4) is 5.75 Å². The summed E-state index contributed by atoms with van der Waals surface area (Å²) in [5, 5.41) is 3.02. The van der Waals surface area contributed by atoms with Crippen molar-refractivity contribution >= 4 is 54.8 Å². The second kappa shape index (κ2) is 9.51. The maximum absolute atomic E-state index is 13.4. The van der Waals surface area contributed by atoms with Crippen molar-refractivity contribution in [1.29, 1.82) is 0 Å². The van der Waals surface area contributed by atoms with Gasteiger partial charge in [-0.15, -0.1) is 0 Å². The molecular formula is C21H18BrClN2O4S. The van der Waals surface area contributed by atoms with Gasteiger partial charge in [0.25, 0.3) is 10.0 Å². The van der Waals surface area contributed by atoms with Crippen LogP contribution < -0.4 is 14.4 Å². The van der Waals surface area contributed by atoms with Crippen molar-refractivity contribution < 1.29 is 17.9 Å². The van der Waals surface area contributed by atoms with E-state index in [2.05, 4.69) is 21.2 Å². The van der Waals surface area contributed by atoms with Gasteiger partial charge >= 0.3 is 0 Å². The lowest BCUT2D eigenvalue weighted by Gasteiger charge is -2.25. The zero-order chi connectivity index (χ0) is 21.7. The van der Waals surface area contributed by atoms with Gasteiger partial charge < -0.3 is 10.1 Å². The second-order valence-electron chi connectivity index (χ2n) is 6.20. The third-order valence-corrected chi connectivity index (χ3v) is 6.69. The summed E-state index contributed by atoms with van der Waals surface area (Å²) in [6.45, 7) is -0.468. The average Bonchev–Trinajstić information content (AvgIpc) is 2.74. The minimum atomic E-state index is -4.07. The lowest BCUT2D eigenvalue weighted by Crippen LogP contribution is -2.38. The van der Waals surface area contributed by atoms with Crippen LogP contribution in [0.3, 0.4) is 0 Å². The summed E-state index contributed by atoms with van der Waals surface area (Å²) in [6, 6.07) is 19.4. The van der Waals surface area contributed by atoms with Crippen LogP contribution in [0.2, 0.25) is 5.02 Å². The Morgan fingerprint density at radius 3 is 2.37 bits per heavy atom. The van der Waals surface area contributed by atoms with Crippen molar-refractivity contribution in [2.45, 2.75) is 4.90 Å². The number of methoxy groups -OCH3 is 1. The van der Waals surface area contributed by atoms with Crippen LogP contribution in [-0.2, 0) is 14.8 Å². The molecule has 0 fully saturated rings. The Bertz CT molecular complexity index is 1140. The quantitative estimate of drug-likeness (QED) is 0.489. The number of sulfonamides is 1. The van der Waals surface area contributed by atoms with E-state index in [-0.39, 0.29) is 16.3 Å². The van der Waals surface area contributed by atoms with Crippen molar-refractivity contribution in [2.24, 2.45) is 0 Å². The number of rotatable bonds is 7. The molecule has 0 saturated heterocycles. The zero-order valence-corrected chi connectivity index (χ0v) is 19.0. The number of halogens is 2. The highest BCUT2D eigenvalue weighted by molar-refractivity contribution is 9.10. The molecule has 0 aromatic heterocycles. The van der Waals surface area contributed by atoms with Gasteiger partial charge in [-0.3, -0.25) is 9.10 Å². The molecule has 3 rings (SSSR count). The predicted molar refractivity (Wildman–Crippen MR) is 122 cm³/mol. The first-order valence-corrected chi connectivity index (χ1v) is 11.4. The SMILES string of the molecule is COc1ccc(Cl)cc1N(CC(=O)Nc1ccc(Br)cc1)S(=O)(=O)c1ccccc1. The third-order valence-electron chi connectivity index (χ3n) is 4.16. The number of hydrogen-bond donors (Lipinski definition) is 1. The number of ether oxygens (including phenoxy) is 1. The fourth-order valence-corrected chi connectivity index (χ4v) is 4.62. The van der Waals surface area contributed by atoms with Crippen molar-refractivity contribution in [3.05, 3.63) is 82.3 Å². The van der Waals surface area contributed by atoms with Gasteiger partial charge in [0.1, 0.15) is 12.3 Å². The molecule has 0 radical (unpaired) electrons. The van der Waals surface area contributed by atoms with Crippen LogP contribution in [0.1, 0.15) is 0 Å². The summed E-state index contributed by atoms with van der Waals surface area (Å²) >= 11 is 9.44. The molecule has 1 N–H and O–H groups in total. The van der Waals surface area contributed by atoms with E-state index in [1.54, 1.807) is 54.6 Å². The van der Waals surface area contributed by atoms with E-state index in [4.69, 9.17) is 16.3 Å². The summed E-state index contributed by atoms with van der Waals surface area (Å²) in [5.74, 6) is -0.241. The molecule has 0 heterocycles. The molecule has 0 atom stereocenters. The second-order valence-corrected chi connectivity index (χ2v) is 9.41. The molecule has 156 valence electrons. The molecule has 0 aliphatic heterocycles. The van der Waals surface area contributed by atoms with Gasteiger partial charge in [-0.2, -0.15) is 0 Å². The number of benzene rings is 3. The summed E-state index contributed by atoms with van der Waals surface area (Å²) in [6.07, 6.45) is 0. The monoisotopic (exact) mass is 508 g/mol. The van der Waals surface area contributed by atoms with E-state index in [1.807, 2.05) is 0 Å². The van der Waals surface area contributed by atoms with Gasteiger partial charge in [0.2, 0.25) is 5.91 Å².